The fourth-order valence-corrected chi connectivity index (χ4v) is 5.29. The van der Waals surface area contributed by atoms with Crippen molar-refractivity contribution < 1.29 is 26.7 Å². The van der Waals surface area contributed by atoms with E-state index >= 15 is 0 Å². The number of benzene rings is 2. The predicted octanol–water partition coefficient (Wildman–Crippen LogP) is 5.56. The molecule has 214 valence electrons. The quantitative estimate of drug-likeness (QED) is 0.275. The lowest BCUT2D eigenvalue weighted by molar-refractivity contribution is -0.142. The van der Waals surface area contributed by atoms with Crippen molar-refractivity contribution in [2.75, 3.05) is 0 Å². The molecule has 7 nitrogen and oxygen atoms in total. The zero-order valence-electron chi connectivity index (χ0n) is 21.4. The van der Waals surface area contributed by atoms with Gasteiger partial charge in [0.2, 0.25) is 5.91 Å². The van der Waals surface area contributed by atoms with Gasteiger partial charge in [0, 0.05) is 22.3 Å². The van der Waals surface area contributed by atoms with Crippen LogP contribution in [0.15, 0.2) is 53.6 Å². The van der Waals surface area contributed by atoms with Crippen molar-refractivity contribution in [1.82, 2.24) is 25.1 Å². The van der Waals surface area contributed by atoms with E-state index in [0.29, 0.717) is 41.6 Å². The molecule has 5 rings (SSSR count). The molecule has 1 aliphatic rings. The van der Waals surface area contributed by atoms with Crippen LogP contribution in [0.25, 0.3) is 11.1 Å². The first-order valence-electron chi connectivity index (χ1n) is 12.7. The number of alkyl halides is 3. The van der Waals surface area contributed by atoms with E-state index in [-0.39, 0.29) is 35.2 Å². The van der Waals surface area contributed by atoms with Gasteiger partial charge in [-0.05, 0) is 67.5 Å². The Kier molecular flexibility index (Phi) is 7.94. The minimum atomic E-state index is -4.67. The third-order valence-electron chi connectivity index (χ3n) is 6.86. The van der Waals surface area contributed by atoms with Crippen LogP contribution in [0.2, 0.25) is 5.02 Å². The van der Waals surface area contributed by atoms with Crippen molar-refractivity contribution in [3.05, 3.63) is 104 Å². The van der Waals surface area contributed by atoms with Gasteiger partial charge in [0.25, 0.3) is 5.56 Å². The summed E-state index contributed by atoms with van der Waals surface area (Å²) in [5, 5.41) is 6.85. The maximum atomic E-state index is 14.0. The van der Waals surface area contributed by atoms with Crippen molar-refractivity contribution in [2.24, 2.45) is 0 Å². The van der Waals surface area contributed by atoms with Crippen LogP contribution in [0.5, 0.6) is 0 Å². The molecule has 41 heavy (non-hydrogen) atoms. The van der Waals surface area contributed by atoms with E-state index in [2.05, 4.69) is 20.4 Å². The average Bonchev–Trinajstić information content (AvgIpc) is 3.27. The van der Waals surface area contributed by atoms with Crippen LogP contribution in [0.3, 0.4) is 0 Å². The van der Waals surface area contributed by atoms with Crippen molar-refractivity contribution in [3.63, 3.8) is 0 Å². The summed E-state index contributed by atoms with van der Waals surface area (Å²) in [7, 11) is 0. The Labute approximate surface area is 235 Å². The zero-order valence-corrected chi connectivity index (χ0v) is 22.1. The summed E-state index contributed by atoms with van der Waals surface area (Å²) in [4.78, 5) is 33.0. The lowest BCUT2D eigenvalue weighted by Crippen LogP contribution is -2.35. The molecule has 0 radical (unpaired) electrons. The fraction of sp³-hybridized carbons (Fsp3) is 0.286. The lowest BCUT2D eigenvalue weighted by Gasteiger charge is -2.21. The Balaban J connectivity index is 1.52. The van der Waals surface area contributed by atoms with Gasteiger partial charge in [-0.2, -0.15) is 18.3 Å². The van der Waals surface area contributed by atoms with Gasteiger partial charge in [-0.25, -0.2) is 13.8 Å². The standard InChI is InChI=1S/C28H23ClF5N5O2/c29-17-7-5-16(6-8-17)24-25(35-14-36-27(24)41)21(11-15-9-18(30)12-19(31)10-15)37-23(40)13-39-22-4-2-1-3-20(22)26(38-39)28(32,33)34/h5-10,12,14,21H,1-4,11,13H2,(H,37,40)(H,35,36,41). The number of amides is 1. The van der Waals surface area contributed by atoms with Gasteiger partial charge in [0.1, 0.15) is 18.2 Å². The van der Waals surface area contributed by atoms with Gasteiger partial charge in [0.15, 0.2) is 5.69 Å². The Morgan fingerprint density at radius 3 is 2.44 bits per heavy atom. The van der Waals surface area contributed by atoms with Gasteiger partial charge in [0.05, 0.1) is 23.6 Å². The number of halogens is 6. The average molecular weight is 592 g/mol. The second-order valence-electron chi connectivity index (χ2n) is 9.74. The second kappa shape index (κ2) is 11.4. The van der Waals surface area contributed by atoms with E-state index in [4.69, 9.17) is 11.6 Å². The molecule has 0 spiro atoms. The smallest absolute Gasteiger partial charge is 0.346 e. The van der Waals surface area contributed by atoms with Crippen LogP contribution >= 0.6 is 11.6 Å². The Morgan fingerprint density at radius 1 is 1.07 bits per heavy atom. The highest BCUT2D eigenvalue weighted by molar-refractivity contribution is 6.30. The van der Waals surface area contributed by atoms with Crippen molar-refractivity contribution >= 4 is 17.5 Å². The molecular weight excluding hydrogens is 569 g/mol. The van der Waals surface area contributed by atoms with Crippen molar-refractivity contribution in [1.29, 1.82) is 0 Å². The van der Waals surface area contributed by atoms with Crippen molar-refractivity contribution in [2.45, 2.75) is 50.9 Å². The highest BCUT2D eigenvalue weighted by Crippen LogP contribution is 2.36. The third-order valence-corrected chi connectivity index (χ3v) is 7.11. The molecule has 1 unspecified atom stereocenters. The summed E-state index contributed by atoms with van der Waals surface area (Å²) in [5.74, 6) is -2.41. The number of carbonyl (C=O) groups is 1. The first kappa shape index (κ1) is 28.5. The number of nitrogens with zero attached hydrogens (tertiary/aromatic N) is 3. The number of carbonyl (C=O) groups excluding carboxylic acids is 1. The third kappa shape index (κ3) is 6.32. The maximum Gasteiger partial charge on any atom is 0.435 e. The highest BCUT2D eigenvalue weighted by atomic mass is 35.5. The summed E-state index contributed by atoms with van der Waals surface area (Å²) in [5.41, 5.74) is -0.365. The molecule has 1 aliphatic carbocycles. The molecule has 2 aromatic heterocycles. The molecule has 4 aromatic rings. The molecule has 0 saturated carbocycles. The summed E-state index contributed by atoms with van der Waals surface area (Å²) < 4.78 is 70.0. The molecular formula is C28H23ClF5N5O2. The van der Waals surface area contributed by atoms with Gasteiger partial charge in [-0.3, -0.25) is 14.3 Å². The molecule has 0 bridgehead atoms. The molecule has 2 N–H and O–H groups in total. The fourth-order valence-electron chi connectivity index (χ4n) is 5.16. The van der Waals surface area contributed by atoms with E-state index in [1.165, 1.54) is 0 Å². The minimum absolute atomic E-state index is 0.0853. The van der Waals surface area contributed by atoms with Gasteiger partial charge >= 0.3 is 6.18 Å². The Hall–Kier alpha value is -4.06. The number of hydrogen-bond donors (Lipinski definition) is 2. The first-order valence-corrected chi connectivity index (χ1v) is 13.1. The molecule has 0 fully saturated rings. The van der Waals surface area contributed by atoms with Crippen LogP contribution < -0.4 is 10.9 Å². The largest absolute Gasteiger partial charge is 0.435 e. The molecule has 0 aliphatic heterocycles. The molecule has 13 heteroatoms. The summed E-state index contributed by atoms with van der Waals surface area (Å²) >= 11 is 6.00. The Morgan fingerprint density at radius 2 is 1.76 bits per heavy atom. The number of fused-ring (bicyclic) bond motifs is 1. The van der Waals surface area contributed by atoms with Gasteiger partial charge < -0.3 is 10.3 Å². The Bertz CT molecular complexity index is 1630. The topological polar surface area (TPSA) is 92.7 Å². The monoisotopic (exact) mass is 591 g/mol. The van der Waals surface area contributed by atoms with E-state index in [0.717, 1.165) is 23.1 Å². The zero-order chi connectivity index (χ0) is 29.3. The van der Waals surface area contributed by atoms with E-state index in [1.807, 2.05) is 0 Å². The summed E-state index contributed by atoms with van der Waals surface area (Å²) in [6, 6.07) is 8.03. The molecule has 1 amide bonds. The number of nitrogens with one attached hydrogen (secondary N) is 2. The maximum absolute atomic E-state index is 14.0. The van der Waals surface area contributed by atoms with E-state index in [9.17, 15) is 31.5 Å². The first-order chi connectivity index (χ1) is 19.5. The molecule has 0 saturated heterocycles. The predicted molar refractivity (Wildman–Crippen MR) is 140 cm³/mol. The number of hydrogen-bond acceptors (Lipinski definition) is 4. The van der Waals surface area contributed by atoms with E-state index in [1.54, 1.807) is 24.3 Å². The van der Waals surface area contributed by atoms with Crippen LogP contribution in [0, 0.1) is 11.6 Å². The molecule has 1 atom stereocenters. The normalized spacial score (nSPS) is 14.0. The molecule has 2 aromatic carbocycles. The van der Waals surface area contributed by atoms with Crippen LogP contribution in [0.4, 0.5) is 22.0 Å². The summed E-state index contributed by atoms with van der Waals surface area (Å²) in [6.07, 6.45) is -1.93. The van der Waals surface area contributed by atoms with E-state index < -0.39 is 47.6 Å². The minimum Gasteiger partial charge on any atom is -0.346 e. The molecule has 2 heterocycles. The lowest BCUT2D eigenvalue weighted by atomic mass is 9.95. The number of rotatable bonds is 7. The summed E-state index contributed by atoms with van der Waals surface area (Å²) in [6.45, 7) is -0.536. The van der Waals surface area contributed by atoms with Crippen molar-refractivity contribution in [3.8, 4) is 11.1 Å². The number of aromatic amines is 1. The second-order valence-corrected chi connectivity index (χ2v) is 10.2. The van der Waals surface area contributed by atoms with Gasteiger partial charge in [-0.1, -0.05) is 23.7 Å². The van der Waals surface area contributed by atoms with Crippen LogP contribution in [-0.4, -0.2) is 25.7 Å². The highest BCUT2D eigenvalue weighted by Gasteiger charge is 2.39. The number of aromatic nitrogens is 4. The SMILES string of the molecule is O=C(Cn1nc(C(F)(F)F)c2c1CCCC2)NC(Cc1cc(F)cc(F)c1)c1nc[nH]c(=O)c1-c1ccc(Cl)cc1. The van der Waals surface area contributed by atoms with Crippen LogP contribution in [0.1, 0.15) is 47.1 Å². The number of H-pyrrole nitrogens is 1. The van der Waals surface area contributed by atoms with Crippen LogP contribution in [-0.2, 0) is 36.8 Å². The van der Waals surface area contributed by atoms with Gasteiger partial charge in [-0.15, -0.1) is 0 Å².